The third-order valence-electron chi connectivity index (χ3n) is 5.51. The maximum atomic E-state index is 6.49. The Labute approximate surface area is 179 Å². The molecule has 0 amide bonds. The number of ether oxygens (including phenoxy) is 1. The van der Waals surface area contributed by atoms with E-state index in [2.05, 4.69) is 41.7 Å². The monoisotopic (exact) mass is 422 g/mol. The van der Waals surface area contributed by atoms with Gasteiger partial charge in [-0.15, -0.1) is 0 Å². The van der Waals surface area contributed by atoms with Crippen LogP contribution in [0.2, 0.25) is 10.0 Å². The lowest BCUT2D eigenvalue weighted by atomic mass is 9.90. The number of pyridine rings is 1. The molecule has 5 heteroatoms. The van der Waals surface area contributed by atoms with Gasteiger partial charge in [0, 0.05) is 17.5 Å². The molecule has 1 aliphatic heterocycles. The van der Waals surface area contributed by atoms with Crippen molar-refractivity contribution in [1.82, 2.24) is 10.3 Å². The van der Waals surface area contributed by atoms with Gasteiger partial charge in [-0.2, -0.15) is 0 Å². The first-order valence-corrected chi connectivity index (χ1v) is 10.6. The zero-order chi connectivity index (χ0) is 20.0. The lowest BCUT2D eigenvalue weighted by Crippen LogP contribution is -2.25. The SMILES string of the molecule is CCOc1c(Cl)cc(-c2nc3ccc4ccccc4c3c3c2CNCC3)cc1Cl. The Morgan fingerprint density at radius 3 is 2.62 bits per heavy atom. The lowest BCUT2D eigenvalue weighted by Gasteiger charge is -2.23. The molecular formula is C24H20Cl2N2O. The highest BCUT2D eigenvalue weighted by molar-refractivity contribution is 6.37. The maximum absolute atomic E-state index is 6.49. The molecule has 29 heavy (non-hydrogen) atoms. The van der Waals surface area contributed by atoms with Crippen LogP contribution in [0, 0.1) is 0 Å². The molecular weight excluding hydrogens is 403 g/mol. The molecule has 1 aliphatic rings. The largest absolute Gasteiger partial charge is 0.491 e. The molecule has 0 spiro atoms. The highest BCUT2D eigenvalue weighted by atomic mass is 35.5. The minimum Gasteiger partial charge on any atom is -0.491 e. The Hall–Kier alpha value is -2.33. The van der Waals surface area contributed by atoms with Crippen molar-refractivity contribution in [2.24, 2.45) is 0 Å². The predicted octanol–water partition coefficient (Wildman–Crippen LogP) is 6.41. The van der Waals surface area contributed by atoms with Crippen LogP contribution in [0.4, 0.5) is 0 Å². The van der Waals surface area contributed by atoms with Crippen molar-refractivity contribution in [2.75, 3.05) is 13.2 Å². The van der Waals surface area contributed by atoms with Crippen molar-refractivity contribution < 1.29 is 4.74 Å². The fraction of sp³-hybridized carbons (Fsp3) is 0.208. The van der Waals surface area contributed by atoms with Gasteiger partial charge in [-0.3, -0.25) is 0 Å². The summed E-state index contributed by atoms with van der Waals surface area (Å²) >= 11 is 13.0. The van der Waals surface area contributed by atoms with Crippen LogP contribution >= 0.6 is 23.2 Å². The van der Waals surface area contributed by atoms with Gasteiger partial charge in [0.1, 0.15) is 0 Å². The molecule has 5 rings (SSSR count). The van der Waals surface area contributed by atoms with E-state index in [9.17, 15) is 0 Å². The first kappa shape index (κ1) is 18.7. The van der Waals surface area contributed by atoms with Crippen LogP contribution in [0.25, 0.3) is 32.9 Å². The molecule has 0 aliphatic carbocycles. The molecule has 0 atom stereocenters. The van der Waals surface area contributed by atoms with E-state index in [-0.39, 0.29) is 0 Å². The number of rotatable bonds is 3. The molecule has 3 aromatic carbocycles. The molecule has 1 N–H and O–H groups in total. The topological polar surface area (TPSA) is 34.1 Å². The zero-order valence-corrected chi connectivity index (χ0v) is 17.6. The Morgan fingerprint density at radius 1 is 1.03 bits per heavy atom. The molecule has 0 radical (unpaired) electrons. The smallest absolute Gasteiger partial charge is 0.156 e. The zero-order valence-electron chi connectivity index (χ0n) is 16.1. The van der Waals surface area contributed by atoms with Crippen LogP contribution in [0.5, 0.6) is 5.75 Å². The Morgan fingerprint density at radius 2 is 1.83 bits per heavy atom. The van der Waals surface area contributed by atoms with Crippen LogP contribution in [-0.2, 0) is 13.0 Å². The molecule has 3 nitrogen and oxygen atoms in total. The Bertz CT molecular complexity index is 1230. The lowest BCUT2D eigenvalue weighted by molar-refractivity contribution is 0.340. The number of aromatic nitrogens is 1. The van der Waals surface area contributed by atoms with Gasteiger partial charge < -0.3 is 10.1 Å². The normalized spacial score (nSPS) is 13.6. The second kappa shape index (κ2) is 7.49. The van der Waals surface area contributed by atoms with E-state index < -0.39 is 0 Å². The van der Waals surface area contributed by atoms with Gasteiger partial charge in [0.05, 0.1) is 27.9 Å². The number of benzene rings is 3. The standard InChI is InChI=1S/C24H20Cl2N2O/c1-2-29-24-19(25)11-15(12-20(24)26)23-18-13-27-10-9-17(18)22-16-6-4-3-5-14(16)7-8-21(22)28-23/h3-8,11-12,27H,2,9-10,13H2,1H3. The van der Waals surface area contributed by atoms with Crippen LogP contribution in [0.3, 0.4) is 0 Å². The second-order valence-corrected chi connectivity index (χ2v) is 8.04. The second-order valence-electron chi connectivity index (χ2n) is 7.23. The van der Waals surface area contributed by atoms with Gasteiger partial charge in [0.15, 0.2) is 5.75 Å². The van der Waals surface area contributed by atoms with Gasteiger partial charge in [0.25, 0.3) is 0 Å². The molecule has 0 fully saturated rings. The molecule has 1 aromatic heterocycles. The quantitative estimate of drug-likeness (QED) is 0.387. The molecule has 0 unspecified atom stereocenters. The highest BCUT2D eigenvalue weighted by Crippen LogP contribution is 2.40. The van der Waals surface area contributed by atoms with E-state index in [1.54, 1.807) is 0 Å². The minimum atomic E-state index is 0.507. The summed E-state index contributed by atoms with van der Waals surface area (Å²) in [5.41, 5.74) is 5.43. The van der Waals surface area contributed by atoms with Crippen molar-refractivity contribution in [1.29, 1.82) is 0 Å². The summed E-state index contributed by atoms with van der Waals surface area (Å²) in [5, 5.41) is 8.26. The molecule has 2 heterocycles. The van der Waals surface area contributed by atoms with E-state index in [1.165, 1.54) is 27.3 Å². The van der Waals surface area contributed by atoms with Gasteiger partial charge in [-0.25, -0.2) is 4.98 Å². The molecule has 0 bridgehead atoms. The molecule has 0 saturated heterocycles. The van der Waals surface area contributed by atoms with Gasteiger partial charge in [0.2, 0.25) is 0 Å². The van der Waals surface area contributed by atoms with Gasteiger partial charge >= 0.3 is 0 Å². The van der Waals surface area contributed by atoms with Crippen LogP contribution in [-0.4, -0.2) is 18.1 Å². The van der Waals surface area contributed by atoms with Crippen molar-refractivity contribution in [2.45, 2.75) is 19.9 Å². The van der Waals surface area contributed by atoms with Crippen molar-refractivity contribution >= 4 is 44.9 Å². The number of hydrogen-bond acceptors (Lipinski definition) is 3. The molecule has 146 valence electrons. The average molecular weight is 423 g/mol. The third-order valence-corrected chi connectivity index (χ3v) is 6.07. The number of hydrogen-bond donors (Lipinski definition) is 1. The number of nitrogens with one attached hydrogen (secondary N) is 1. The first-order chi connectivity index (χ1) is 14.2. The van der Waals surface area contributed by atoms with Gasteiger partial charge in [-0.05, 0) is 60.0 Å². The number of halogens is 2. The van der Waals surface area contributed by atoms with Crippen molar-refractivity contribution in [3.8, 4) is 17.0 Å². The molecule has 0 saturated carbocycles. The Kier molecular flexibility index (Phi) is 4.83. The molecule has 4 aromatic rings. The van der Waals surface area contributed by atoms with Gasteiger partial charge in [-0.1, -0.05) is 53.5 Å². The van der Waals surface area contributed by atoms with Crippen molar-refractivity contribution in [3.05, 3.63) is 69.7 Å². The number of fused-ring (bicyclic) bond motifs is 5. The van der Waals surface area contributed by atoms with E-state index >= 15 is 0 Å². The third kappa shape index (κ3) is 3.14. The summed E-state index contributed by atoms with van der Waals surface area (Å²) in [7, 11) is 0. The summed E-state index contributed by atoms with van der Waals surface area (Å²) in [4.78, 5) is 5.07. The number of nitrogens with zero attached hydrogens (tertiary/aromatic N) is 1. The van der Waals surface area contributed by atoms with E-state index in [4.69, 9.17) is 32.9 Å². The summed E-state index contributed by atoms with van der Waals surface area (Å²) in [6, 6.07) is 16.6. The van der Waals surface area contributed by atoms with Crippen LogP contribution in [0.1, 0.15) is 18.1 Å². The minimum absolute atomic E-state index is 0.507. The summed E-state index contributed by atoms with van der Waals surface area (Å²) in [6.45, 7) is 4.16. The summed E-state index contributed by atoms with van der Waals surface area (Å²) < 4.78 is 5.59. The fourth-order valence-electron chi connectivity index (χ4n) is 4.26. The summed E-state index contributed by atoms with van der Waals surface area (Å²) in [6.07, 6.45) is 0.966. The van der Waals surface area contributed by atoms with E-state index in [1.807, 2.05) is 19.1 Å². The Balaban J connectivity index is 1.81. The maximum Gasteiger partial charge on any atom is 0.156 e. The van der Waals surface area contributed by atoms with Crippen LogP contribution in [0.15, 0.2) is 48.5 Å². The summed E-state index contributed by atoms with van der Waals surface area (Å²) in [5.74, 6) is 0.526. The highest BCUT2D eigenvalue weighted by Gasteiger charge is 2.22. The predicted molar refractivity (Wildman–Crippen MR) is 121 cm³/mol. The fourth-order valence-corrected chi connectivity index (χ4v) is 4.86. The van der Waals surface area contributed by atoms with E-state index in [0.717, 1.165) is 36.3 Å². The average Bonchev–Trinajstić information content (AvgIpc) is 2.75. The first-order valence-electron chi connectivity index (χ1n) is 9.83. The van der Waals surface area contributed by atoms with Crippen molar-refractivity contribution in [3.63, 3.8) is 0 Å². The van der Waals surface area contributed by atoms with E-state index in [0.29, 0.717) is 22.4 Å². The van der Waals surface area contributed by atoms with Crippen LogP contribution < -0.4 is 10.1 Å².